The summed E-state index contributed by atoms with van der Waals surface area (Å²) < 4.78 is 5.04. The summed E-state index contributed by atoms with van der Waals surface area (Å²) in [7, 11) is 3.86. The van der Waals surface area contributed by atoms with Gasteiger partial charge in [0.1, 0.15) is 6.04 Å². The van der Waals surface area contributed by atoms with E-state index in [0.29, 0.717) is 13.2 Å². The van der Waals surface area contributed by atoms with E-state index in [1.165, 1.54) is 25.9 Å². The van der Waals surface area contributed by atoms with Gasteiger partial charge in [0.2, 0.25) is 0 Å². The number of ether oxygens (including phenoxy) is 1. The highest BCUT2D eigenvalue weighted by atomic mass is 16.5. The first-order valence-electron chi connectivity index (χ1n) is 6.92. The second kappa shape index (κ2) is 8.45. The van der Waals surface area contributed by atoms with Crippen molar-refractivity contribution in [3.63, 3.8) is 0 Å². The number of carbonyl (C=O) groups excluding carboxylic acids is 1. The largest absolute Gasteiger partial charge is 0.465 e. The minimum atomic E-state index is -0.228. The third-order valence-electron chi connectivity index (χ3n) is 3.41. The van der Waals surface area contributed by atoms with Crippen molar-refractivity contribution in [2.24, 2.45) is 0 Å². The standard InChI is InChI=1S/C13H27N3O2/c1-4-18-13(17)12(14-2)11-15(3)9-10-16-7-5-6-8-16/h12,14H,4-11H2,1-3H3. The van der Waals surface area contributed by atoms with Gasteiger partial charge in [-0.3, -0.25) is 4.79 Å². The smallest absolute Gasteiger partial charge is 0.324 e. The van der Waals surface area contributed by atoms with Gasteiger partial charge in [-0.25, -0.2) is 0 Å². The molecule has 18 heavy (non-hydrogen) atoms. The third kappa shape index (κ3) is 5.33. The van der Waals surface area contributed by atoms with E-state index in [1.54, 1.807) is 7.05 Å². The van der Waals surface area contributed by atoms with Gasteiger partial charge in [0.15, 0.2) is 0 Å². The molecule has 0 aromatic heterocycles. The Morgan fingerprint density at radius 3 is 2.67 bits per heavy atom. The molecule has 1 rings (SSSR count). The lowest BCUT2D eigenvalue weighted by Crippen LogP contribution is -2.45. The van der Waals surface area contributed by atoms with E-state index in [-0.39, 0.29) is 12.0 Å². The normalized spacial score (nSPS) is 18.2. The summed E-state index contributed by atoms with van der Waals surface area (Å²) in [6.07, 6.45) is 2.65. The Morgan fingerprint density at radius 2 is 2.11 bits per heavy atom. The molecule has 1 heterocycles. The quantitative estimate of drug-likeness (QED) is 0.628. The molecular formula is C13H27N3O2. The summed E-state index contributed by atoms with van der Waals surface area (Å²) in [6.45, 7) is 7.51. The second-order valence-corrected chi connectivity index (χ2v) is 4.90. The van der Waals surface area contributed by atoms with E-state index in [4.69, 9.17) is 4.74 Å². The van der Waals surface area contributed by atoms with Gasteiger partial charge in [0, 0.05) is 19.6 Å². The average molecular weight is 257 g/mol. The van der Waals surface area contributed by atoms with Crippen LogP contribution in [0.1, 0.15) is 19.8 Å². The molecule has 1 aliphatic rings. The van der Waals surface area contributed by atoms with E-state index in [0.717, 1.165) is 13.1 Å². The number of esters is 1. The molecule has 1 unspecified atom stereocenters. The van der Waals surface area contributed by atoms with Crippen LogP contribution < -0.4 is 5.32 Å². The monoisotopic (exact) mass is 257 g/mol. The molecule has 0 amide bonds. The predicted octanol–water partition coefficient (Wildman–Crippen LogP) is 0.165. The van der Waals surface area contributed by atoms with Crippen LogP contribution in [-0.2, 0) is 9.53 Å². The molecule has 1 atom stereocenters. The molecule has 5 heteroatoms. The molecule has 0 aromatic carbocycles. The molecule has 1 aliphatic heterocycles. The number of rotatable bonds is 8. The number of hydrogen-bond donors (Lipinski definition) is 1. The Bertz CT molecular complexity index is 242. The van der Waals surface area contributed by atoms with Gasteiger partial charge in [-0.05, 0) is 47.0 Å². The Morgan fingerprint density at radius 1 is 1.44 bits per heavy atom. The van der Waals surface area contributed by atoms with Gasteiger partial charge < -0.3 is 19.9 Å². The maximum absolute atomic E-state index is 11.6. The number of carbonyl (C=O) groups is 1. The highest BCUT2D eigenvalue weighted by molar-refractivity contribution is 5.76. The van der Waals surface area contributed by atoms with Gasteiger partial charge in [0.25, 0.3) is 0 Å². The van der Waals surface area contributed by atoms with Crippen molar-refractivity contribution >= 4 is 5.97 Å². The number of nitrogens with one attached hydrogen (secondary N) is 1. The zero-order chi connectivity index (χ0) is 13.4. The molecule has 106 valence electrons. The Hall–Kier alpha value is -0.650. The Balaban J connectivity index is 2.23. The van der Waals surface area contributed by atoms with Crippen LogP contribution in [0.15, 0.2) is 0 Å². The summed E-state index contributed by atoms with van der Waals surface area (Å²) in [5.41, 5.74) is 0. The van der Waals surface area contributed by atoms with E-state index in [2.05, 4.69) is 22.2 Å². The first kappa shape index (κ1) is 15.4. The fourth-order valence-electron chi connectivity index (χ4n) is 2.25. The van der Waals surface area contributed by atoms with E-state index >= 15 is 0 Å². The molecule has 1 N–H and O–H groups in total. The van der Waals surface area contributed by atoms with Crippen LogP contribution in [0.25, 0.3) is 0 Å². The average Bonchev–Trinajstić information content (AvgIpc) is 2.86. The first-order chi connectivity index (χ1) is 8.67. The first-order valence-corrected chi connectivity index (χ1v) is 6.92. The van der Waals surface area contributed by atoms with Gasteiger partial charge in [-0.1, -0.05) is 0 Å². The van der Waals surface area contributed by atoms with Gasteiger partial charge in [-0.2, -0.15) is 0 Å². The highest BCUT2D eigenvalue weighted by Gasteiger charge is 2.20. The van der Waals surface area contributed by atoms with Crippen molar-refractivity contribution in [1.29, 1.82) is 0 Å². The molecule has 0 saturated carbocycles. The maximum atomic E-state index is 11.6. The predicted molar refractivity (Wildman–Crippen MR) is 72.7 cm³/mol. The molecule has 0 spiro atoms. The minimum Gasteiger partial charge on any atom is -0.465 e. The van der Waals surface area contributed by atoms with Crippen molar-refractivity contribution in [1.82, 2.24) is 15.1 Å². The van der Waals surface area contributed by atoms with Crippen molar-refractivity contribution < 1.29 is 9.53 Å². The summed E-state index contributed by atoms with van der Waals surface area (Å²) in [6, 6.07) is -0.228. The van der Waals surface area contributed by atoms with E-state index in [1.807, 2.05) is 6.92 Å². The van der Waals surface area contributed by atoms with Crippen molar-refractivity contribution in [2.45, 2.75) is 25.8 Å². The topological polar surface area (TPSA) is 44.8 Å². The van der Waals surface area contributed by atoms with Crippen LogP contribution in [0.3, 0.4) is 0 Å². The van der Waals surface area contributed by atoms with E-state index < -0.39 is 0 Å². The fourth-order valence-corrected chi connectivity index (χ4v) is 2.25. The molecule has 0 bridgehead atoms. The highest BCUT2D eigenvalue weighted by Crippen LogP contribution is 2.06. The summed E-state index contributed by atoms with van der Waals surface area (Å²) >= 11 is 0. The second-order valence-electron chi connectivity index (χ2n) is 4.90. The lowest BCUT2D eigenvalue weighted by atomic mass is 10.3. The SMILES string of the molecule is CCOC(=O)C(CN(C)CCN1CCCC1)NC. The Labute approximate surface area is 110 Å². The van der Waals surface area contributed by atoms with Crippen LogP contribution in [0.2, 0.25) is 0 Å². The van der Waals surface area contributed by atoms with Gasteiger partial charge >= 0.3 is 5.97 Å². The van der Waals surface area contributed by atoms with E-state index in [9.17, 15) is 4.79 Å². The lowest BCUT2D eigenvalue weighted by Gasteiger charge is -2.24. The van der Waals surface area contributed by atoms with Crippen LogP contribution in [-0.4, -0.2) is 75.2 Å². The number of likely N-dealkylation sites (tertiary alicyclic amines) is 1. The van der Waals surface area contributed by atoms with Gasteiger partial charge in [-0.15, -0.1) is 0 Å². The summed E-state index contributed by atoms with van der Waals surface area (Å²) in [4.78, 5) is 16.3. The lowest BCUT2D eigenvalue weighted by molar-refractivity contribution is -0.145. The van der Waals surface area contributed by atoms with Crippen molar-refractivity contribution in [3.8, 4) is 0 Å². The van der Waals surface area contributed by atoms with Crippen LogP contribution in [0.4, 0.5) is 0 Å². The van der Waals surface area contributed by atoms with Gasteiger partial charge in [0.05, 0.1) is 6.61 Å². The number of hydrogen-bond acceptors (Lipinski definition) is 5. The molecule has 0 aliphatic carbocycles. The number of likely N-dealkylation sites (N-methyl/N-ethyl adjacent to an activating group) is 2. The maximum Gasteiger partial charge on any atom is 0.324 e. The molecule has 1 saturated heterocycles. The minimum absolute atomic E-state index is 0.159. The summed E-state index contributed by atoms with van der Waals surface area (Å²) in [5.74, 6) is -0.159. The van der Waals surface area contributed by atoms with Crippen LogP contribution in [0, 0.1) is 0 Å². The van der Waals surface area contributed by atoms with Crippen LogP contribution >= 0.6 is 0 Å². The molecule has 5 nitrogen and oxygen atoms in total. The third-order valence-corrected chi connectivity index (χ3v) is 3.41. The fraction of sp³-hybridized carbons (Fsp3) is 0.923. The van der Waals surface area contributed by atoms with Crippen LogP contribution in [0.5, 0.6) is 0 Å². The zero-order valence-corrected chi connectivity index (χ0v) is 11.9. The Kier molecular flexibility index (Phi) is 7.23. The molecule has 0 radical (unpaired) electrons. The molecule has 0 aromatic rings. The van der Waals surface area contributed by atoms with Crippen molar-refractivity contribution in [2.75, 3.05) is 53.4 Å². The van der Waals surface area contributed by atoms with Crippen molar-refractivity contribution in [3.05, 3.63) is 0 Å². The molecule has 1 fully saturated rings. The zero-order valence-electron chi connectivity index (χ0n) is 11.9. The molecular weight excluding hydrogens is 230 g/mol. The summed E-state index contributed by atoms with van der Waals surface area (Å²) in [5, 5.41) is 3.02. The number of nitrogens with zero attached hydrogens (tertiary/aromatic N) is 2.